The van der Waals surface area contributed by atoms with E-state index in [0.717, 1.165) is 0 Å². The zero-order valence-corrected chi connectivity index (χ0v) is 11.2. The number of amides is 1. The van der Waals surface area contributed by atoms with Crippen molar-refractivity contribution in [3.05, 3.63) is 29.8 Å². The van der Waals surface area contributed by atoms with Crippen LogP contribution in [0.25, 0.3) is 0 Å². The molecule has 2 N–H and O–H groups in total. The molecule has 20 heavy (non-hydrogen) atoms. The molecule has 1 aromatic rings. The van der Waals surface area contributed by atoms with Gasteiger partial charge < -0.3 is 19.9 Å². The van der Waals surface area contributed by atoms with Gasteiger partial charge in [-0.25, -0.2) is 0 Å². The van der Waals surface area contributed by atoms with Crippen LogP contribution >= 0.6 is 0 Å². The first kappa shape index (κ1) is 14.3. The third-order valence-corrected chi connectivity index (χ3v) is 3.32. The molecule has 0 spiro atoms. The predicted molar refractivity (Wildman–Crippen MR) is 70.9 cm³/mol. The first-order chi connectivity index (χ1) is 9.54. The second-order valence-corrected chi connectivity index (χ2v) is 4.84. The fourth-order valence-corrected chi connectivity index (χ4v) is 2.23. The molecule has 1 heterocycles. The van der Waals surface area contributed by atoms with Crippen LogP contribution in [-0.4, -0.2) is 42.8 Å². The van der Waals surface area contributed by atoms with Crippen LogP contribution < -0.4 is 10.1 Å². The molecule has 1 saturated heterocycles. The van der Waals surface area contributed by atoms with Crippen LogP contribution in [0.2, 0.25) is 0 Å². The first-order valence-corrected chi connectivity index (χ1v) is 6.31. The quantitative estimate of drug-likeness (QED) is 0.841. The van der Waals surface area contributed by atoms with E-state index < -0.39 is 11.5 Å². The van der Waals surface area contributed by atoms with Crippen molar-refractivity contribution >= 4 is 11.9 Å². The summed E-state index contributed by atoms with van der Waals surface area (Å²) in [6.07, 6.45) is 0.357. The number of hydrogen-bond acceptors (Lipinski definition) is 4. The number of rotatable bonds is 5. The van der Waals surface area contributed by atoms with Gasteiger partial charge in [0.25, 0.3) is 5.91 Å². The van der Waals surface area contributed by atoms with Gasteiger partial charge in [0.05, 0.1) is 25.7 Å². The summed E-state index contributed by atoms with van der Waals surface area (Å²) >= 11 is 0. The Labute approximate surface area is 116 Å². The second kappa shape index (κ2) is 5.92. The maximum Gasteiger partial charge on any atom is 0.305 e. The monoisotopic (exact) mass is 279 g/mol. The highest BCUT2D eigenvalue weighted by Crippen LogP contribution is 2.23. The van der Waals surface area contributed by atoms with Crippen LogP contribution in [-0.2, 0) is 9.53 Å². The zero-order chi connectivity index (χ0) is 14.6. The van der Waals surface area contributed by atoms with Crippen molar-refractivity contribution in [3.63, 3.8) is 0 Å². The first-order valence-electron chi connectivity index (χ1n) is 6.31. The molecule has 0 radical (unpaired) electrons. The van der Waals surface area contributed by atoms with E-state index in [4.69, 9.17) is 14.6 Å². The van der Waals surface area contributed by atoms with E-state index in [1.165, 1.54) is 0 Å². The Balaban J connectivity index is 2.09. The van der Waals surface area contributed by atoms with Crippen molar-refractivity contribution in [1.82, 2.24) is 5.32 Å². The molecule has 1 aromatic carbocycles. The maximum absolute atomic E-state index is 12.2. The van der Waals surface area contributed by atoms with Crippen LogP contribution in [0, 0.1) is 0 Å². The summed E-state index contributed by atoms with van der Waals surface area (Å²) in [6.45, 7) is 0.678. The Morgan fingerprint density at radius 1 is 1.40 bits per heavy atom. The number of carbonyl (C=O) groups is 2. The van der Waals surface area contributed by atoms with Crippen molar-refractivity contribution < 1.29 is 24.2 Å². The fourth-order valence-electron chi connectivity index (χ4n) is 2.23. The van der Waals surface area contributed by atoms with Gasteiger partial charge in [-0.1, -0.05) is 0 Å². The number of methoxy groups -OCH3 is 1. The molecule has 2 rings (SSSR count). The molecule has 1 aliphatic rings. The predicted octanol–water partition coefficient (Wildman–Crippen LogP) is 1.06. The average Bonchev–Trinajstić information content (AvgIpc) is 2.86. The van der Waals surface area contributed by atoms with E-state index in [9.17, 15) is 9.59 Å². The number of ether oxygens (including phenoxy) is 2. The van der Waals surface area contributed by atoms with Gasteiger partial charge in [-0.15, -0.1) is 0 Å². The summed E-state index contributed by atoms with van der Waals surface area (Å²) < 4.78 is 10.3. The van der Waals surface area contributed by atoms with Crippen molar-refractivity contribution in [1.29, 1.82) is 0 Å². The lowest BCUT2D eigenvalue weighted by Gasteiger charge is -2.27. The Kier molecular flexibility index (Phi) is 4.24. The van der Waals surface area contributed by atoms with Gasteiger partial charge >= 0.3 is 5.97 Å². The van der Waals surface area contributed by atoms with Gasteiger partial charge in [0.15, 0.2) is 0 Å². The topological polar surface area (TPSA) is 84.9 Å². The van der Waals surface area contributed by atoms with Gasteiger partial charge in [0.1, 0.15) is 5.75 Å². The Bertz CT molecular complexity index is 491. The van der Waals surface area contributed by atoms with Crippen molar-refractivity contribution in [3.8, 4) is 5.75 Å². The highest BCUT2D eigenvalue weighted by atomic mass is 16.5. The molecular formula is C14H17NO5. The van der Waals surface area contributed by atoms with Crippen LogP contribution in [0.5, 0.6) is 5.75 Å². The standard InChI is InChI=1S/C14H17NO5/c1-19-11-4-2-10(3-5-11)13(18)15-14(8-12(16)17)6-7-20-9-14/h2-5H,6-9H2,1H3,(H,15,18)(H,16,17). The van der Waals surface area contributed by atoms with Gasteiger partial charge in [-0.05, 0) is 30.7 Å². The highest BCUT2D eigenvalue weighted by molar-refractivity contribution is 5.95. The van der Waals surface area contributed by atoms with E-state index in [1.54, 1.807) is 31.4 Å². The summed E-state index contributed by atoms with van der Waals surface area (Å²) in [5.41, 5.74) is -0.356. The largest absolute Gasteiger partial charge is 0.497 e. The molecule has 0 aromatic heterocycles. The summed E-state index contributed by atoms with van der Waals surface area (Å²) in [4.78, 5) is 23.1. The highest BCUT2D eigenvalue weighted by Gasteiger charge is 2.38. The van der Waals surface area contributed by atoms with E-state index in [0.29, 0.717) is 24.3 Å². The lowest BCUT2D eigenvalue weighted by atomic mass is 9.93. The van der Waals surface area contributed by atoms with Gasteiger partial charge in [0, 0.05) is 12.2 Å². The smallest absolute Gasteiger partial charge is 0.305 e. The number of carbonyl (C=O) groups excluding carboxylic acids is 1. The number of carboxylic acids is 1. The summed E-state index contributed by atoms with van der Waals surface area (Å²) in [6, 6.07) is 6.64. The SMILES string of the molecule is COc1ccc(C(=O)NC2(CC(=O)O)CCOC2)cc1. The van der Waals surface area contributed by atoms with Crippen molar-refractivity contribution in [2.75, 3.05) is 20.3 Å². The maximum atomic E-state index is 12.2. The molecule has 0 saturated carbocycles. The van der Waals surface area contributed by atoms with Crippen LogP contribution in [0.3, 0.4) is 0 Å². The van der Waals surface area contributed by atoms with Crippen molar-refractivity contribution in [2.45, 2.75) is 18.4 Å². The molecule has 108 valence electrons. The lowest BCUT2D eigenvalue weighted by molar-refractivity contribution is -0.138. The molecule has 1 amide bonds. The molecule has 1 unspecified atom stereocenters. The van der Waals surface area contributed by atoms with Crippen LogP contribution in [0.4, 0.5) is 0 Å². The number of hydrogen-bond donors (Lipinski definition) is 2. The summed E-state index contributed by atoms with van der Waals surface area (Å²) in [5, 5.41) is 11.8. The molecule has 6 heteroatoms. The molecule has 1 aliphatic heterocycles. The van der Waals surface area contributed by atoms with Gasteiger partial charge in [0.2, 0.25) is 0 Å². The van der Waals surface area contributed by atoms with Gasteiger partial charge in [-0.2, -0.15) is 0 Å². The Morgan fingerprint density at radius 3 is 2.60 bits per heavy atom. The normalized spacial score (nSPS) is 21.4. The minimum absolute atomic E-state index is 0.144. The zero-order valence-electron chi connectivity index (χ0n) is 11.2. The van der Waals surface area contributed by atoms with Crippen LogP contribution in [0.15, 0.2) is 24.3 Å². The average molecular weight is 279 g/mol. The van der Waals surface area contributed by atoms with E-state index >= 15 is 0 Å². The Morgan fingerprint density at radius 2 is 2.10 bits per heavy atom. The van der Waals surface area contributed by atoms with E-state index in [1.807, 2.05) is 0 Å². The Hall–Kier alpha value is -2.08. The second-order valence-electron chi connectivity index (χ2n) is 4.84. The minimum Gasteiger partial charge on any atom is -0.497 e. The summed E-state index contributed by atoms with van der Waals surface area (Å²) in [7, 11) is 1.55. The molecule has 1 fully saturated rings. The minimum atomic E-state index is -0.953. The third kappa shape index (κ3) is 3.27. The third-order valence-electron chi connectivity index (χ3n) is 3.32. The fraction of sp³-hybridized carbons (Fsp3) is 0.429. The van der Waals surface area contributed by atoms with Crippen LogP contribution in [0.1, 0.15) is 23.2 Å². The number of nitrogens with one attached hydrogen (secondary N) is 1. The molecular weight excluding hydrogens is 262 g/mol. The molecule has 1 atom stereocenters. The van der Waals surface area contributed by atoms with E-state index in [2.05, 4.69) is 5.32 Å². The molecule has 6 nitrogen and oxygen atoms in total. The molecule has 0 bridgehead atoms. The number of aliphatic carboxylic acids is 1. The lowest BCUT2D eigenvalue weighted by Crippen LogP contribution is -2.50. The number of benzene rings is 1. The van der Waals surface area contributed by atoms with E-state index in [-0.39, 0.29) is 18.9 Å². The van der Waals surface area contributed by atoms with Crippen molar-refractivity contribution in [2.24, 2.45) is 0 Å². The molecule has 0 aliphatic carbocycles. The number of carboxylic acid groups (broad SMARTS) is 1. The summed E-state index contributed by atoms with van der Waals surface area (Å²) in [5.74, 6) is -0.601. The van der Waals surface area contributed by atoms with Gasteiger partial charge in [-0.3, -0.25) is 9.59 Å².